The highest BCUT2D eigenvalue weighted by molar-refractivity contribution is 5.94. The van der Waals surface area contributed by atoms with Gasteiger partial charge in [0.2, 0.25) is 0 Å². The number of halogens is 3. The minimum atomic E-state index is -4.41. The number of hydrogen-bond donors (Lipinski definition) is 1. The standard InChI is InChI=1S/C15H16F3N3O/c16-15(17,18)9-20-14(22)10-4-7-13(19-8-10)21-11-2-1-3-12(21)6-5-11/h1-2,4,7-8,11-12H,3,5-6,9H2,(H,20,22). The van der Waals surface area contributed by atoms with Gasteiger partial charge in [0.1, 0.15) is 12.4 Å². The predicted molar refractivity (Wildman–Crippen MR) is 75.7 cm³/mol. The number of nitrogens with zero attached hydrogens (tertiary/aromatic N) is 2. The van der Waals surface area contributed by atoms with Crippen LogP contribution in [0.15, 0.2) is 30.5 Å². The fraction of sp³-hybridized carbons (Fsp3) is 0.467. The molecule has 4 nitrogen and oxygen atoms in total. The maximum absolute atomic E-state index is 12.1. The molecule has 2 bridgehead atoms. The Bertz CT molecular complexity index is 583. The maximum Gasteiger partial charge on any atom is 0.405 e. The second-order valence-electron chi connectivity index (χ2n) is 5.57. The summed E-state index contributed by atoms with van der Waals surface area (Å²) in [6, 6.07) is 3.97. The van der Waals surface area contributed by atoms with E-state index in [2.05, 4.69) is 22.0 Å². The van der Waals surface area contributed by atoms with Crippen molar-refractivity contribution in [2.24, 2.45) is 0 Å². The fourth-order valence-corrected chi connectivity index (χ4v) is 3.04. The molecule has 0 aromatic carbocycles. The van der Waals surface area contributed by atoms with E-state index in [0.717, 1.165) is 25.1 Å². The molecule has 7 heteroatoms. The van der Waals surface area contributed by atoms with Crippen molar-refractivity contribution in [3.63, 3.8) is 0 Å². The molecule has 2 aliphatic heterocycles. The van der Waals surface area contributed by atoms with Gasteiger partial charge in [-0.05, 0) is 31.4 Å². The number of carbonyl (C=O) groups is 1. The number of fused-ring (bicyclic) bond motifs is 2. The van der Waals surface area contributed by atoms with Crippen molar-refractivity contribution in [3.05, 3.63) is 36.0 Å². The molecular formula is C15H16F3N3O. The summed E-state index contributed by atoms with van der Waals surface area (Å²) in [7, 11) is 0. The highest BCUT2D eigenvalue weighted by atomic mass is 19.4. The lowest BCUT2D eigenvalue weighted by atomic mass is 10.1. The highest BCUT2D eigenvalue weighted by Gasteiger charge is 2.34. The van der Waals surface area contributed by atoms with Gasteiger partial charge in [-0.1, -0.05) is 12.2 Å². The van der Waals surface area contributed by atoms with Crippen molar-refractivity contribution >= 4 is 11.7 Å². The molecule has 1 aromatic heterocycles. The lowest BCUT2D eigenvalue weighted by molar-refractivity contribution is -0.123. The fourth-order valence-electron chi connectivity index (χ4n) is 3.04. The molecule has 1 aromatic rings. The van der Waals surface area contributed by atoms with Crippen LogP contribution in [0.3, 0.4) is 0 Å². The van der Waals surface area contributed by atoms with Crippen LogP contribution in [0.25, 0.3) is 0 Å². The van der Waals surface area contributed by atoms with E-state index in [1.54, 1.807) is 6.07 Å². The molecule has 1 amide bonds. The van der Waals surface area contributed by atoms with Crippen molar-refractivity contribution in [1.29, 1.82) is 0 Å². The molecule has 2 unspecified atom stereocenters. The molecule has 3 heterocycles. The lowest BCUT2D eigenvalue weighted by Crippen LogP contribution is -2.38. The van der Waals surface area contributed by atoms with Gasteiger partial charge in [0.25, 0.3) is 5.91 Å². The topological polar surface area (TPSA) is 45.2 Å². The van der Waals surface area contributed by atoms with E-state index in [9.17, 15) is 18.0 Å². The number of carbonyl (C=O) groups excluding carboxylic acids is 1. The number of anilines is 1. The Kier molecular flexibility index (Phi) is 3.80. The van der Waals surface area contributed by atoms with Crippen molar-refractivity contribution < 1.29 is 18.0 Å². The molecule has 1 fully saturated rings. The Morgan fingerprint density at radius 3 is 2.82 bits per heavy atom. The molecule has 0 spiro atoms. The van der Waals surface area contributed by atoms with Crippen molar-refractivity contribution in [2.75, 3.05) is 11.4 Å². The molecule has 0 radical (unpaired) electrons. The molecule has 3 rings (SSSR count). The Labute approximate surface area is 126 Å². The average molecular weight is 311 g/mol. The van der Waals surface area contributed by atoms with Gasteiger partial charge in [0.05, 0.1) is 5.56 Å². The van der Waals surface area contributed by atoms with Crippen molar-refractivity contribution in [1.82, 2.24) is 10.3 Å². The first-order valence-corrected chi connectivity index (χ1v) is 7.20. The van der Waals surface area contributed by atoms with Crippen LogP contribution in [-0.2, 0) is 0 Å². The molecule has 118 valence electrons. The SMILES string of the molecule is O=C(NCC(F)(F)F)c1ccc(N2C3C=CCC2CC3)nc1. The molecule has 1 saturated heterocycles. The highest BCUT2D eigenvalue weighted by Crippen LogP contribution is 2.34. The van der Waals surface area contributed by atoms with Crippen LogP contribution in [0.1, 0.15) is 29.6 Å². The number of alkyl halides is 3. The summed E-state index contributed by atoms with van der Waals surface area (Å²) in [4.78, 5) is 18.1. The average Bonchev–Trinajstić information content (AvgIpc) is 2.73. The van der Waals surface area contributed by atoms with E-state index in [1.165, 1.54) is 12.3 Å². The quantitative estimate of drug-likeness (QED) is 0.873. The zero-order valence-electron chi connectivity index (χ0n) is 11.8. The summed E-state index contributed by atoms with van der Waals surface area (Å²) in [5, 5.41) is 1.84. The number of nitrogens with one attached hydrogen (secondary N) is 1. The van der Waals surface area contributed by atoms with Gasteiger partial charge in [-0.2, -0.15) is 13.2 Å². The Morgan fingerprint density at radius 1 is 1.36 bits per heavy atom. The summed E-state index contributed by atoms with van der Waals surface area (Å²) >= 11 is 0. The third kappa shape index (κ3) is 3.08. The van der Waals surface area contributed by atoms with Gasteiger partial charge < -0.3 is 10.2 Å². The van der Waals surface area contributed by atoms with Crippen LogP contribution in [0.2, 0.25) is 0 Å². The minimum absolute atomic E-state index is 0.132. The molecule has 2 aliphatic rings. The van der Waals surface area contributed by atoms with Crippen LogP contribution >= 0.6 is 0 Å². The summed E-state index contributed by atoms with van der Waals surface area (Å²) < 4.78 is 36.3. The van der Waals surface area contributed by atoms with E-state index in [4.69, 9.17) is 0 Å². The second-order valence-corrected chi connectivity index (χ2v) is 5.57. The first-order valence-electron chi connectivity index (χ1n) is 7.20. The number of rotatable bonds is 3. The maximum atomic E-state index is 12.1. The van der Waals surface area contributed by atoms with Gasteiger partial charge in [0.15, 0.2) is 0 Å². The molecule has 0 aliphatic carbocycles. The van der Waals surface area contributed by atoms with Crippen LogP contribution in [0.4, 0.5) is 19.0 Å². The summed E-state index contributed by atoms with van der Waals surface area (Å²) in [6.07, 6.45) is 4.42. The van der Waals surface area contributed by atoms with Crippen LogP contribution in [0, 0.1) is 0 Å². The van der Waals surface area contributed by atoms with Gasteiger partial charge in [-0.25, -0.2) is 4.98 Å². The third-order valence-corrected chi connectivity index (χ3v) is 4.04. The van der Waals surface area contributed by atoms with Crippen molar-refractivity contribution in [2.45, 2.75) is 37.5 Å². The van der Waals surface area contributed by atoms with Gasteiger partial charge in [-0.3, -0.25) is 4.79 Å². The zero-order valence-corrected chi connectivity index (χ0v) is 11.8. The normalized spacial score (nSPS) is 23.7. The van der Waals surface area contributed by atoms with Gasteiger partial charge >= 0.3 is 6.18 Å². The zero-order chi connectivity index (χ0) is 15.7. The minimum Gasteiger partial charge on any atom is -0.347 e. The Balaban J connectivity index is 1.68. The van der Waals surface area contributed by atoms with Crippen LogP contribution < -0.4 is 10.2 Å². The predicted octanol–water partition coefficient (Wildman–Crippen LogP) is 2.67. The second kappa shape index (κ2) is 5.62. The summed E-state index contributed by atoms with van der Waals surface area (Å²) in [5.41, 5.74) is 0.132. The Morgan fingerprint density at radius 2 is 2.18 bits per heavy atom. The van der Waals surface area contributed by atoms with Crippen LogP contribution in [-0.4, -0.2) is 35.7 Å². The van der Waals surface area contributed by atoms with E-state index in [1.807, 2.05) is 5.32 Å². The Hall–Kier alpha value is -2.05. The largest absolute Gasteiger partial charge is 0.405 e. The monoisotopic (exact) mass is 311 g/mol. The van der Waals surface area contributed by atoms with Gasteiger partial charge in [0, 0.05) is 18.3 Å². The van der Waals surface area contributed by atoms with E-state index < -0.39 is 18.6 Å². The van der Waals surface area contributed by atoms with Crippen LogP contribution in [0.5, 0.6) is 0 Å². The molecule has 1 N–H and O–H groups in total. The van der Waals surface area contributed by atoms with E-state index in [0.29, 0.717) is 12.1 Å². The van der Waals surface area contributed by atoms with Crippen molar-refractivity contribution in [3.8, 4) is 0 Å². The molecule has 22 heavy (non-hydrogen) atoms. The smallest absolute Gasteiger partial charge is 0.347 e. The number of hydrogen-bond acceptors (Lipinski definition) is 3. The lowest BCUT2D eigenvalue weighted by Gasteiger charge is -2.32. The van der Waals surface area contributed by atoms with Gasteiger partial charge in [-0.15, -0.1) is 0 Å². The number of aromatic nitrogens is 1. The third-order valence-electron chi connectivity index (χ3n) is 4.04. The first kappa shape index (κ1) is 14.9. The first-order chi connectivity index (χ1) is 10.4. The molecular weight excluding hydrogens is 295 g/mol. The van der Waals surface area contributed by atoms with E-state index in [-0.39, 0.29) is 5.56 Å². The molecule has 0 saturated carbocycles. The summed E-state index contributed by atoms with van der Waals surface area (Å²) in [6.45, 7) is -1.34. The number of pyridine rings is 1. The molecule has 2 atom stereocenters. The summed E-state index contributed by atoms with van der Waals surface area (Å²) in [5.74, 6) is 0.00195. The number of amides is 1. The van der Waals surface area contributed by atoms with E-state index >= 15 is 0 Å².